The van der Waals surface area contributed by atoms with Gasteiger partial charge in [-0.25, -0.2) is 0 Å². The van der Waals surface area contributed by atoms with E-state index in [-0.39, 0.29) is 17.2 Å². The molecule has 0 fully saturated rings. The van der Waals surface area contributed by atoms with Crippen LogP contribution in [0.15, 0.2) is 69.3 Å². The molecule has 0 unspecified atom stereocenters. The van der Waals surface area contributed by atoms with Crippen molar-refractivity contribution in [2.45, 2.75) is 14.7 Å². The summed E-state index contributed by atoms with van der Waals surface area (Å²) < 4.78 is 0. The smallest absolute Gasteiger partial charge is 0.324 e. The van der Waals surface area contributed by atoms with Gasteiger partial charge in [-0.05, 0) is 36.4 Å². The van der Waals surface area contributed by atoms with Crippen molar-refractivity contribution in [2.24, 2.45) is 0 Å². The molecule has 0 aliphatic heterocycles. The minimum Gasteiger partial charge on any atom is -0.506 e. The lowest BCUT2D eigenvalue weighted by molar-refractivity contribution is 0.368. The number of phenols is 3. The van der Waals surface area contributed by atoms with Crippen LogP contribution in [-0.4, -0.2) is 30.0 Å². The van der Waals surface area contributed by atoms with Gasteiger partial charge in [0.2, 0.25) is 0 Å². The number of aromatic hydroxyl groups is 3. The zero-order valence-electron chi connectivity index (χ0n) is 15.3. The molecule has 0 saturated heterocycles. The number of thiol groups is 3. The van der Waals surface area contributed by atoms with Crippen molar-refractivity contribution in [3.8, 4) is 17.2 Å². The van der Waals surface area contributed by atoms with E-state index < -0.39 is 8.60 Å². The largest absolute Gasteiger partial charge is 0.506 e. The molecule has 13 heteroatoms. The first-order chi connectivity index (χ1) is 14.4. The van der Waals surface area contributed by atoms with Crippen molar-refractivity contribution in [2.75, 3.05) is 0 Å². The molecule has 3 aromatic rings. The molecule has 6 N–H and O–H groups in total. The minimum absolute atomic E-state index is 0.0733. The zero-order chi connectivity index (χ0) is 24.1. The summed E-state index contributed by atoms with van der Waals surface area (Å²) in [4.78, 5) is 23.5. The predicted octanol–water partition coefficient (Wildman–Crippen LogP) is 6.19. The molecular formula is C18H18Cl3O6PS3. The highest BCUT2D eigenvalue weighted by atomic mass is 35.5. The maximum Gasteiger partial charge on any atom is 0.324 e. The number of hydrogen-bond donors (Lipinski definition) is 9. The van der Waals surface area contributed by atoms with E-state index in [0.29, 0.717) is 29.8 Å². The molecule has 0 radical (unpaired) electrons. The van der Waals surface area contributed by atoms with Gasteiger partial charge in [-0.15, -0.1) is 37.9 Å². The SMILES string of the molecule is OP(O)O.Oc1cccc(S)c1Cl.Oc1cccc(S)c1Cl.Oc1cccc(S)c1Cl. The predicted molar refractivity (Wildman–Crippen MR) is 135 cm³/mol. The van der Waals surface area contributed by atoms with Gasteiger partial charge < -0.3 is 30.0 Å². The second-order valence-corrected chi connectivity index (χ2v) is 8.22. The van der Waals surface area contributed by atoms with Crippen LogP contribution >= 0.6 is 81.3 Å². The lowest BCUT2D eigenvalue weighted by Crippen LogP contribution is -1.68. The lowest BCUT2D eigenvalue weighted by atomic mass is 10.3. The summed E-state index contributed by atoms with van der Waals surface area (Å²) in [5.74, 6) is 0.220. The quantitative estimate of drug-likeness (QED) is 0.119. The van der Waals surface area contributed by atoms with Gasteiger partial charge in [0.25, 0.3) is 0 Å². The summed E-state index contributed by atoms with van der Waals surface area (Å²) in [5, 5.41) is 27.7. The number of rotatable bonds is 0. The third-order valence-electron chi connectivity index (χ3n) is 2.87. The zero-order valence-corrected chi connectivity index (χ0v) is 21.1. The Bertz CT molecular complexity index is 786. The third kappa shape index (κ3) is 12.8. The van der Waals surface area contributed by atoms with Crippen molar-refractivity contribution in [1.29, 1.82) is 0 Å². The summed E-state index contributed by atoms with van der Waals surface area (Å²) in [6, 6.07) is 14.7. The van der Waals surface area contributed by atoms with E-state index >= 15 is 0 Å². The minimum atomic E-state index is -2.62. The van der Waals surface area contributed by atoms with Crippen molar-refractivity contribution in [1.82, 2.24) is 0 Å². The molecular weight excluding hydrogens is 546 g/mol. The molecule has 31 heavy (non-hydrogen) atoms. The van der Waals surface area contributed by atoms with Gasteiger partial charge in [0.15, 0.2) is 0 Å². The van der Waals surface area contributed by atoms with E-state index in [1.165, 1.54) is 18.2 Å². The van der Waals surface area contributed by atoms with Gasteiger partial charge in [0.05, 0.1) is 15.1 Å². The van der Waals surface area contributed by atoms with E-state index in [4.69, 9.17) is 64.8 Å². The molecule has 0 atom stereocenters. The standard InChI is InChI=1S/3C6H5ClOS.H3O3P/c3*7-6-4(8)2-1-3-5(6)9;1-4(2)3/h3*1-3,8-9H;1-3H. The topological polar surface area (TPSA) is 121 Å². The third-order valence-corrected chi connectivity index (χ3v) is 5.58. The number of hydrogen-bond acceptors (Lipinski definition) is 9. The van der Waals surface area contributed by atoms with Crippen LogP contribution in [0.1, 0.15) is 0 Å². The fourth-order valence-electron chi connectivity index (χ4n) is 1.52. The Morgan fingerprint density at radius 2 is 0.710 bits per heavy atom. The van der Waals surface area contributed by atoms with Crippen molar-refractivity contribution >= 4 is 81.3 Å². The highest BCUT2D eigenvalue weighted by molar-refractivity contribution is 7.80. The second kappa shape index (κ2) is 16.0. The maximum atomic E-state index is 8.92. The van der Waals surface area contributed by atoms with E-state index in [1.807, 2.05) is 0 Å². The highest BCUT2D eigenvalue weighted by Gasteiger charge is 1.99. The molecule has 0 amide bonds. The van der Waals surface area contributed by atoms with Crippen molar-refractivity contribution < 1.29 is 30.0 Å². The van der Waals surface area contributed by atoms with Crippen LogP contribution in [0.25, 0.3) is 0 Å². The number of phenolic OH excluding ortho intramolecular Hbond substituents is 3. The van der Waals surface area contributed by atoms with Gasteiger partial charge in [-0.1, -0.05) is 53.0 Å². The number of halogens is 3. The average molecular weight is 564 g/mol. The molecule has 0 spiro atoms. The highest BCUT2D eigenvalue weighted by Crippen LogP contribution is 2.30. The van der Waals surface area contributed by atoms with Crippen molar-refractivity contribution in [3.05, 3.63) is 69.7 Å². The van der Waals surface area contributed by atoms with Crippen LogP contribution in [0.4, 0.5) is 0 Å². The van der Waals surface area contributed by atoms with Gasteiger partial charge >= 0.3 is 8.60 Å². The number of benzene rings is 3. The van der Waals surface area contributed by atoms with Gasteiger partial charge in [-0.2, -0.15) is 0 Å². The normalized spacial score (nSPS) is 9.48. The van der Waals surface area contributed by atoms with Gasteiger partial charge in [-0.3, -0.25) is 0 Å². The van der Waals surface area contributed by atoms with Crippen LogP contribution in [0.5, 0.6) is 17.2 Å². The van der Waals surface area contributed by atoms with Crippen LogP contribution < -0.4 is 0 Å². The maximum absolute atomic E-state index is 8.92. The Kier molecular flexibility index (Phi) is 15.6. The van der Waals surface area contributed by atoms with Crippen LogP contribution in [0.2, 0.25) is 15.1 Å². The molecule has 0 aliphatic carbocycles. The monoisotopic (exact) mass is 562 g/mol. The van der Waals surface area contributed by atoms with E-state index in [0.717, 1.165) is 0 Å². The first-order valence-electron chi connectivity index (χ1n) is 7.74. The first kappa shape index (κ1) is 30.3. The molecule has 0 heterocycles. The fraction of sp³-hybridized carbons (Fsp3) is 0. The van der Waals surface area contributed by atoms with E-state index in [9.17, 15) is 0 Å². The molecule has 0 aromatic heterocycles. The van der Waals surface area contributed by atoms with Crippen LogP contribution in [0.3, 0.4) is 0 Å². The Morgan fingerprint density at radius 1 is 0.516 bits per heavy atom. The van der Waals surface area contributed by atoms with E-state index in [1.54, 1.807) is 36.4 Å². The summed E-state index contributed by atoms with van der Waals surface area (Å²) in [5.41, 5.74) is 0. The Morgan fingerprint density at radius 3 is 0.839 bits per heavy atom. The molecule has 170 valence electrons. The van der Waals surface area contributed by atoms with Crippen LogP contribution in [0, 0.1) is 0 Å². The van der Waals surface area contributed by atoms with Crippen LogP contribution in [-0.2, 0) is 0 Å². The molecule has 3 rings (SSSR count). The Labute approximate surface area is 211 Å². The fourth-order valence-corrected chi connectivity index (χ4v) is 2.50. The second-order valence-electron chi connectivity index (χ2n) is 5.10. The molecule has 0 aliphatic rings. The summed E-state index contributed by atoms with van der Waals surface area (Å²) >= 11 is 28.6. The van der Waals surface area contributed by atoms with E-state index in [2.05, 4.69) is 37.9 Å². The summed E-state index contributed by atoms with van der Waals surface area (Å²) in [6.45, 7) is 0. The Hall–Kier alpha value is -0.710. The van der Waals surface area contributed by atoms with Gasteiger partial charge in [0, 0.05) is 14.7 Å². The molecule has 3 aromatic carbocycles. The summed E-state index contributed by atoms with van der Waals surface area (Å²) in [6.07, 6.45) is 0. The molecule has 0 bridgehead atoms. The van der Waals surface area contributed by atoms with Gasteiger partial charge in [0.1, 0.15) is 17.2 Å². The summed E-state index contributed by atoms with van der Waals surface area (Å²) in [7, 11) is -2.62. The molecule has 0 saturated carbocycles. The van der Waals surface area contributed by atoms with Crippen molar-refractivity contribution in [3.63, 3.8) is 0 Å². The lowest BCUT2D eigenvalue weighted by Gasteiger charge is -1.96. The average Bonchev–Trinajstić information content (AvgIpc) is 2.69. The first-order valence-corrected chi connectivity index (χ1v) is 11.4. The molecule has 6 nitrogen and oxygen atoms in total. The Balaban J connectivity index is 0.000000402.